The highest BCUT2D eigenvalue weighted by atomic mass is 35.5. The first-order chi connectivity index (χ1) is 6.19. The second-order valence-corrected chi connectivity index (χ2v) is 3.51. The summed E-state index contributed by atoms with van der Waals surface area (Å²) in [4.78, 5) is -0.542. The zero-order valence-corrected chi connectivity index (χ0v) is 8.89. The number of rotatable bonds is 3. The third-order valence-corrected chi connectivity index (χ3v) is 2.16. The number of hydrogen-bond donors (Lipinski definition) is 0. The lowest BCUT2D eigenvalue weighted by Crippen LogP contribution is -1.92. The van der Waals surface area contributed by atoms with E-state index in [0.717, 1.165) is 5.56 Å². The first-order valence-corrected chi connectivity index (χ1v) is 4.56. The first kappa shape index (κ1) is 10.5. The van der Waals surface area contributed by atoms with Crippen LogP contribution in [0, 0.1) is 0 Å². The molecule has 1 aromatic carbocycles. The molecule has 0 saturated carbocycles. The Hall–Kier alpha value is -0.600. The summed E-state index contributed by atoms with van der Waals surface area (Å²) >= 11 is 11.4. The van der Waals surface area contributed by atoms with Crippen LogP contribution >= 0.6 is 23.2 Å². The summed E-state index contributed by atoms with van der Waals surface area (Å²) in [5.74, 6) is 1.30. The van der Waals surface area contributed by atoms with Crippen molar-refractivity contribution in [2.24, 2.45) is 0 Å². The molecule has 0 amide bonds. The SMILES string of the molecule is COc1ccc(C(Cl)Cl)cc1OC. The van der Waals surface area contributed by atoms with Crippen molar-refractivity contribution in [2.45, 2.75) is 4.84 Å². The van der Waals surface area contributed by atoms with Crippen molar-refractivity contribution in [1.29, 1.82) is 0 Å². The first-order valence-electron chi connectivity index (χ1n) is 3.69. The zero-order chi connectivity index (χ0) is 9.84. The summed E-state index contributed by atoms with van der Waals surface area (Å²) in [6.07, 6.45) is 0. The minimum atomic E-state index is -0.542. The molecule has 0 saturated heterocycles. The van der Waals surface area contributed by atoms with Gasteiger partial charge in [-0.15, -0.1) is 23.2 Å². The van der Waals surface area contributed by atoms with Gasteiger partial charge >= 0.3 is 0 Å². The van der Waals surface area contributed by atoms with Crippen molar-refractivity contribution in [3.63, 3.8) is 0 Å². The Morgan fingerprint density at radius 2 is 1.69 bits per heavy atom. The molecule has 0 fully saturated rings. The van der Waals surface area contributed by atoms with Crippen molar-refractivity contribution in [3.8, 4) is 11.5 Å². The maximum Gasteiger partial charge on any atom is 0.161 e. The molecule has 1 rings (SSSR count). The number of ether oxygens (including phenoxy) is 2. The monoisotopic (exact) mass is 220 g/mol. The summed E-state index contributed by atoms with van der Waals surface area (Å²) in [6.45, 7) is 0. The Morgan fingerprint density at radius 1 is 1.08 bits per heavy atom. The van der Waals surface area contributed by atoms with Gasteiger partial charge in [-0.1, -0.05) is 6.07 Å². The molecule has 0 aliphatic rings. The van der Waals surface area contributed by atoms with E-state index in [2.05, 4.69) is 0 Å². The fourth-order valence-electron chi connectivity index (χ4n) is 0.989. The maximum atomic E-state index is 5.70. The zero-order valence-electron chi connectivity index (χ0n) is 7.38. The third-order valence-electron chi connectivity index (χ3n) is 1.66. The van der Waals surface area contributed by atoms with Gasteiger partial charge in [0.05, 0.1) is 14.2 Å². The van der Waals surface area contributed by atoms with E-state index in [-0.39, 0.29) is 0 Å². The van der Waals surface area contributed by atoms with E-state index in [9.17, 15) is 0 Å². The number of alkyl halides is 2. The maximum absolute atomic E-state index is 5.70. The van der Waals surface area contributed by atoms with Crippen molar-refractivity contribution >= 4 is 23.2 Å². The van der Waals surface area contributed by atoms with Crippen LogP contribution in [0.4, 0.5) is 0 Å². The van der Waals surface area contributed by atoms with Gasteiger partial charge in [0.1, 0.15) is 4.84 Å². The lowest BCUT2D eigenvalue weighted by Gasteiger charge is -2.09. The number of halogens is 2. The average molecular weight is 221 g/mol. The Morgan fingerprint density at radius 3 is 2.15 bits per heavy atom. The van der Waals surface area contributed by atoms with Gasteiger partial charge in [0, 0.05) is 0 Å². The van der Waals surface area contributed by atoms with Gasteiger partial charge in [0.25, 0.3) is 0 Å². The van der Waals surface area contributed by atoms with E-state index in [1.165, 1.54) is 0 Å². The highest BCUT2D eigenvalue weighted by molar-refractivity contribution is 6.44. The largest absolute Gasteiger partial charge is 0.493 e. The molecule has 0 bridgehead atoms. The predicted octanol–water partition coefficient (Wildman–Crippen LogP) is 3.18. The van der Waals surface area contributed by atoms with Gasteiger partial charge in [-0.25, -0.2) is 0 Å². The molecule has 0 aliphatic heterocycles. The average Bonchev–Trinajstić information content (AvgIpc) is 2.16. The lowest BCUT2D eigenvalue weighted by atomic mass is 10.2. The van der Waals surface area contributed by atoms with E-state index in [4.69, 9.17) is 32.7 Å². The molecule has 0 N–H and O–H groups in total. The molecule has 72 valence electrons. The number of methoxy groups -OCH3 is 2. The minimum Gasteiger partial charge on any atom is -0.493 e. The number of benzene rings is 1. The summed E-state index contributed by atoms with van der Waals surface area (Å²) in [5.41, 5.74) is 0.793. The normalized spacial score (nSPS) is 10.2. The summed E-state index contributed by atoms with van der Waals surface area (Å²) in [6, 6.07) is 5.32. The van der Waals surface area contributed by atoms with Crippen LogP contribution in [0.3, 0.4) is 0 Å². The van der Waals surface area contributed by atoms with Crippen LogP contribution in [-0.2, 0) is 0 Å². The molecule has 4 heteroatoms. The van der Waals surface area contributed by atoms with Crippen molar-refractivity contribution < 1.29 is 9.47 Å². The molecule has 0 atom stereocenters. The van der Waals surface area contributed by atoms with Gasteiger partial charge < -0.3 is 9.47 Å². The molecule has 13 heavy (non-hydrogen) atoms. The van der Waals surface area contributed by atoms with E-state index < -0.39 is 4.84 Å². The van der Waals surface area contributed by atoms with E-state index in [0.29, 0.717) is 11.5 Å². The molecule has 0 spiro atoms. The Bertz CT molecular complexity index is 287. The smallest absolute Gasteiger partial charge is 0.161 e. The highest BCUT2D eigenvalue weighted by Crippen LogP contribution is 2.33. The van der Waals surface area contributed by atoms with Crippen LogP contribution in [0.1, 0.15) is 10.4 Å². The van der Waals surface area contributed by atoms with Crippen molar-refractivity contribution in [1.82, 2.24) is 0 Å². The fourth-order valence-corrected chi connectivity index (χ4v) is 1.26. The lowest BCUT2D eigenvalue weighted by molar-refractivity contribution is 0.354. The Labute approximate surface area is 87.4 Å². The van der Waals surface area contributed by atoms with Crippen LogP contribution in [0.5, 0.6) is 11.5 Å². The molecule has 1 aromatic rings. The second-order valence-electron chi connectivity index (χ2n) is 2.42. The van der Waals surface area contributed by atoms with Gasteiger partial charge in [-0.05, 0) is 17.7 Å². The molecule has 0 radical (unpaired) electrons. The van der Waals surface area contributed by atoms with Gasteiger partial charge in [-0.3, -0.25) is 0 Å². The quantitative estimate of drug-likeness (QED) is 0.729. The van der Waals surface area contributed by atoms with Crippen LogP contribution < -0.4 is 9.47 Å². The van der Waals surface area contributed by atoms with Crippen molar-refractivity contribution in [3.05, 3.63) is 23.8 Å². The molecular weight excluding hydrogens is 211 g/mol. The molecular formula is C9H10Cl2O2. The molecule has 2 nitrogen and oxygen atoms in total. The molecule has 0 aliphatic carbocycles. The van der Waals surface area contributed by atoms with Gasteiger partial charge in [0.2, 0.25) is 0 Å². The van der Waals surface area contributed by atoms with E-state index in [1.54, 1.807) is 32.4 Å². The van der Waals surface area contributed by atoms with Crippen LogP contribution in [0.15, 0.2) is 18.2 Å². The van der Waals surface area contributed by atoms with Crippen molar-refractivity contribution in [2.75, 3.05) is 14.2 Å². The summed E-state index contributed by atoms with van der Waals surface area (Å²) < 4.78 is 10.1. The number of hydrogen-bond acceptors (Lipinski definition) is 2. The Balaban J connectivity index is 3.05. The topological polar surface area (TPSA) is 18.5 Å². The Kier molecular flexibility index (Phi) is 3.70. The van der Waals surface area contributed by atoms with Crippen LogP contribution in [0.25, 0.3) is 0 Å². The van der Waals surface area contributed by atoms with Crippen LogP contribution in [-0.4, -0.2) is 14.2 Å². The van der Waals surface area contributed by atoms with Gasteiger partial charge in [0.15, 0.2) is 11.5 Å². The second kappa shape index (κ2) is 4.58. The molecule has 0 heterocycles. The molecule has 0 unspecified atom stereocenters. The predicted molar refractivity (Wildman–Crippen MR) is 54.0 cm³/mol. The highest BCUT2D eigenvalue weighted by Gasteiger charge is 2.08. The van der Waals surface area contributed by atoms with Gasteiger partial charge in [-0.2, -0.15) is 0 Å². The fraction of sp³-hybridized carbons (Fsp3) is 0.333. The standard InChI is InChI=1S/C9H10Cl2O2/c1-12-7-4-3-6(9(10)11)5-8(7)13-2/h3-5,9H,1-2H3. The third kappa shape index (κ3) is 2.42. The summed E-state index contributed by atoms with van der Waals surface area (Å²) in [5, 5.41) is 0. The van der Waals surface area contributed by atoms with E-state index in [1.807, 2.05) is 0 Å². The van der Waals surface area contributed by atoms with E-state index >= 15 is 0 Å². The summed E-state index contributed by atoms with van der Waals surface area (Å²) in [7, 11) is 3.15. The minimum absolute atomic E-state index is 0.542. The molecule has 0 aromatic heterocycles. The van der Waals surface area contributed by atoms with Crippen LogP contribution in [0.2, 0.25) is 0 Å².